The molecule has 13 rings (SSSR count). The Kier molecular flexibility index (Phi) is 7.58. The van der Waals surface area contributed by atoms with Crippen LogP contribution in [0.2, 0.25) is 0 Å². The fourth-order valence-electron chi connectivity index (χ4n) is 10.1. The Labute approximate surface area is 363 Å². The Morgan fingerprint density at radius 1 is 0.397 bits per heavy atom. The van der Waals surface area contributed by atoms with Gasteiger partial charge in [-0.2, -0.15) is 9.97 Å². The number of hydrogen-bond acceptors (Lipinski definition) is 4. The molecular weight excluding hydrogens is 769 g/mol. The Morgan fingerprint density at radius 3 is 1.92 bits per heavy atom. The van der Waals surface area contributed by atoms with Crippen molar-refractivity contribution in [3.8, 4) is 62.1 Å². The topological polar surface area (TPSA) is 56.7 Å². The first-order valence-electron chi connectivity index (χ1n) is 21.5. The fraction of sp³-hybridized carbons (Fsp3) is 0.0517. The molecule has 0 atom stereocenters. The minimum absolute atomic E-state index is 0.0879. The van der Waals surface area contributed by atoms with Crippen molar-refractivity contribution in [2.75, 3.05) is 0 Å². The first kappa shape index (κ1) is 35.6. The predicted octanol–water partition coefficient (Wildman–Crippen LogP) is 15.0. The number of rotatable bonds is 5. The van der Waals surface area contributed by atoms with Gasteiger partial charge < -0.3 is 4.42 Å². The van der Waals surface area contributed by atoms with E-state index in [0.717, 1.165) is 71.4 Å². The smallest absolute Gasteiger partial charge is 0.238 e. The summed E-state index contributed by atoms with van der Waals surface area (Å²) in [7, 11) is 0. The second-order valence-electron chi connectivity index (χ2n) is 17.2. The van der Waals surface area contributed by atoms with E-state index in [1.54, 1.807) is 0 Å². The van der Waals surface area contributed by atoms with Crippen molar-refractivity contribution in [3.05, 3.63) is 205 Å². The molecule has 9 aromatic carbocycles. The van der Waals surface area contributed by atoms with Crippen molar-refractivity contribution in [2.45, 2.75) is 19.3 Å². The quantitative estimate of drug-likeness (QED) is 0.174. The van der Waals surface area contributed by atoms with Gasteiger partial charge in [-0.1, -0.05) is 166 Å². The van der Waals surface area contributed by atoms with Crippen LogP contribution in [-0.4, -0.2) is 19.5 Å². The van der Waals surface area contributed by atoms with E-state index in [9.17, 15) is 0 Å². The molecule has 296 valence electrons. The zero-order chi connectivity index (χ0) is 41.8. The van der Waals surface area contributed by atoms with Crippen LogP contribution in [0.4, 0.5) is 0 Å². The SMILES string of the molecule is CC1(C)c2ccccc2-c2ccc(-c3cccc(-c4cccc5c6cc7ccccc7cc6n(-c6nc(-c7ccccc7)nc(-c7ccc8c(c7)oc7ccccc78)n6)c45)c3)cc21. The molecule has 12 aromatic rings. The summed E-state index contributed by atoms with van der Waals surface area (Å²) in [5, 5.41) is 6.73. The monoisotopic (exact) mass is 806 g/mol. The van der Waals surface area contributed by atoms with Crippen LogP contribution in [0.3, 0.4) is 0 Å². The third-order valence-corrected chi connectivity index (χ3v) is 13.2. The molecule has 1 aliphatic rings. The summed E-state index contributed by atoms with van der Waals surface area (Å²) in [5.41, 5.74) is 15.3. The maximum Gasteiger partial charge on any atom is 0.238 e. The van der Waals surface area contributed by atoms with Crippen molar-refractivity contribution >= 4 is 54.5 Å². The summed E-state index contributed by atoms with van der Waals surface area (Å²) in [6.07, 6.45) is 0. The molecule has 0 radical (unpaired) electrons. The molecule has 0 saturated heterocycles. The lowest BCUT2D eigenvalue weighted by Gasteiger charge is -2.22. The van der Waals surface area contributed by atoms with Gasteiger partial charge in [-0.05, 0) is 92.2 Å². The molecule has 0 spiro atoms. The van der Waals surface area contributed by atoms with Crippen molar-refractivity contribution in [3.63, 3.8) is 0 Å². The molecule has 5 nitrogen and oxygen atoms in total. The van der Waals surface area contributed by atoms with Gasteiger partial charge in [-0.15, -0.1) is 0 Å². The highest BCUT2D eigenvalue weighted by atomic mass is 16.3. The van der Waals surface area contributed by atoms with Gasteiger partial charge in [-0.3, -0.25) is 4.57 Å². The van der Waals surface area contributed by atoms with Gasteiger partial charge in [0.1, 0.15) is 11.2 Å². The van der Waals surface area contributed by atoms with Crippen LogP contribution in [0, 0.1) is 0 Å². The van der Waals surface area contributed by atoms with Crippen LogP contribution in [-0.2, 0) is 5.41 Å². The largest absolute Gasteiger partial charge is 0.456 e. The molecule has 0 saturated carbocycles. The first-order chi connectivity index (χ1) is 31.0. The Hall–Kier alpha value is -8.15. The molecule has 3 heterocycles. The first-order valence-corrected chi connectivity index (χ1v) is 21.5. The van der Waals surface area contributed by atoms with Crippen LogP contribution in [0.15, 0.2) is 199 Å². The van der Waals surface area contributed by atoms with Gasteiger partial charge in [-0.25, -0.2) is 4.98 Å². The second kappa shape index (κ2) is 13.4. The van der Waals surface area contributed by atoms with Crippen LogP contribution in [0.25, 0.3) is 117 Å². The van der Waals surface area contributed by atoms with Crippen molar-refractivity contribution in [1.82, 2.24) is 19.5 Å². The van der Waals surface area contributed by atoms with Gasteiger partial charge in [0.25, 0.3) is 0 Å². The van der Waals surface area contributed by atoms with Crippen LogP contribution < -0.4 is 0 Å². The average Bonchev–Trinajstić information content (AvgIpc) is 3.95. The molecular formula is C58H38N4O. The summed E-state index contributed by atoms with van der Waals surface area (Å²) in [5.74, 6) is 1.71. The molecule has 0 fully saturated rings. The minimum atomic E-state index is -0.0879. The third-order valence-electron chi connectivity index (χ3n) is 13.2. The number of benzene rings is 9. The maximum absolute atomic E-state index is 6.36. The summed E-state index contributed by atoms with van der Waals surface area (Å²) < 4.78 is 8.62. The number of fused-ring (bicyclic) bond motifs is 10. The van der Waals surface area contributed by atoms with E-state index in [1.165, 1.54) is 38.8 Å². The standard InChI is InChI=1S/C58H38N4O/c1-58(2)49-24-10-8-20-43(49)44-28-26-39(32-50(44)58)36-18-12-19-40(30-36)42-22-13-23-47-48-31-37-16-6-7-17-38(37)33-51(48)62(54(42)47)57-60-55(35-14-4-3-5-15-35)59-56(61-57)41-27-29-46-45-21-9-11-25-52(45)63-53(46)34-41/h3-34H,1-2H3. The highest BCUT2D eigenvalue weighted by Gasteiger charge is 2.35. The fourth-order valence-corrected chi connectivity index (χ4v) is 10.1. The minimum Gasteiger partial charge on any atom is -0.456 e. The van der Waals surface area contributed by atoms with Crippen LogP contribution in [0.5, 0.6) is 0 Å². The van der Waals surface area contributed by atoms with E-state index in [0.29, 0.717) is 17.6 Å². The van der Waals surface area contributed by atoms with Gasteiger partial charge in [0.05, 0.1) is 11.0 Å². The molecule has 5 heteroatoms. The lowest BCUT2D eigenvalue weighted by atomic mass is 9.81. The summed E-state index contributed by atoms with van der Waals surface area (Å²) in [6.45, 7) is 4.68. The lowest BCUT2D eigenvalue weighted by Crippen LogP contribution is -2.14. The molecule has 1 aliphatic carbocycles. The lowest BCUT2D eigenvalue weighted by molar-refractivity contribution is 0.660. The zero-order valence-electron chi connectivity index (χ0n) is 34.7. The maximum atomic E-state index is 6.36. The van der Waals surface area contributed by atoms with Gasteiger partial charge >= 0.3 is 0 Å². The zero-order valence-corrected chi connectivity index (χ0v) is 34.7. The Balaban J connectivity index is 1.05. The molecule has 0 amide bonds. The van der Waals surface area contributed by atoms with Gasteiger partial charge in [0.15, 0.2) is 11.6 Å². The molecule has 0 bridgehead atoms. The third kappa shape index (κ3) is 5.46. The molecule has 0 unspecified atom stereocenters. The number of nitrogens with zero attached hydrogens (tertiary/aromatic N) is 4. The average molecular weight is 807 g/mol. The van der Waals surface area contributed by atoms with Crippen molar-refractivity contribution in [2.24, 2.45) is 0 Å². The predicted molar refractivity (Wildman–Crippen MR) is 258 cm³/mol. The summed E-state index contributed by atoms with van der Waals surface area (Å²) >= 11 is 0. The highest BCUT2D eigenvalue weighted by Crippen LogP contribution is 2.50. The second-order valence-corrected chi connectivity index (χ2v) is 17.2. The van der Waals surface area contributed by atoms with Crippen LogP contribution in [0.1, 0.15) is 25.0 Å². The molecule has 0 N–H and O–H groups in total. The number of hydrogen-bond donors (Lipinski definition) is 0. The highest BCUT2D eigenvalue weighted by molar-refractivity contribution is 6.17. The normalized spacial score (nSPS) is 13.0. The van der Waals surface area contributed by atoms with E-state index in [2.05, 4.69) is 176 Å². The van der Waals surface area contributed by atoms with E-state index >= 15 is 0 Å². The van der Waals surface area contributed by atoms with E-state index in [-0.39, 0.29) is 5.41 Å². The number of furan rings is 1. The number of para-hydroxylation sites is 2. The number of aromatic nitrogens is 4. The summed E-state index contributed by atoms with van der Waals surface area (Å²) in [4.78, 5) is 15.9. The summed E-state index contributed by atoms with van der Waals surface area (Å²) in [6, 6.07) is 69.1. The van der Waals surface area contributed by atoms with Crippen LogP contribution >= 0.6 is 0 Å². The van der Waals surface area contributed by atoms with E-state index in [4.69, 9.17) is 19.4 Å². The van der Waals surface area contributed by atoms with Crippen molar-refractivity contribution < 1.29 is 4.42 Å². The molecule has 3 aromatic heterocycles. The Bertz CT molecular complexity index is 3840. The van der Waals surface area contributed by atoms with Crippen molar-refractivity contribution in [1.29, 1.82) is 0 Å². The Morgan fingerprint density at radius 2 is 1.03 bits per heavy atom. The van der Waals surface area contributed by atoms with Gasteiger partial charge in [0.2, 0.25) is 5.95 Å². The molecule has 0 aliphatic heterocycles. The molecule has 63 heavy (non-hydrogen) atoms. The van der Waals surface area contributed by atoms with E-state index < -0.39 is 0 Å². The van der Waals surface area contributed by atoms with E-state index in [1.807, 2.05) is 36.4 Å². The van der Waals surface area contributed by atoms with Gasteiger partial charge in [0, 0.05) is 43.7 Å².